The van der Waals surface area contributed by atoms with Crippen LogP contribution in [0.25, 0.3) is 0 Å². The van der Waals surface area contributed by atoms with Gasteiger partial charge in [-0.1, -0.05) is 6.07 Å². The van der Waals surface area contributed by atoms with Crippen molar-refractivity contribution >= 4 is 0 Å². The molecule has 2 aliphatic rings. The molecule has 104 valence electrons. The number of methoxy groups -OCH3 is 1. The Hall–Kier alpha value is -1.06. The summed E-state index contributed by atoms with van der Waals surface area (Å²) in [6.45, 7) is 0. The second-order valence-corrected chi connectivity index (χ2v) is 5.68. The lowest BCUT2D eigenvalue weighted by atomic mass is 9.95. The molecule has 1 fully saturated rings. The molecule has 1 aromatic carbocycles. The standard InChI is InChI=1S/C16H22O3/c1-18-12-3-2-4-13(10-12)19-14-6-7-15-11(9-14)5-8-16(15)17/h6-7,9,12-13,16-17H,2-5,8,10H2,1H3/t12?,13?,16-/m0/s1. The summed E-state index contributed by atoms with van der Waals surface area (Å²) in [7, 11) is 1.78. The van der Waals surface area contributed by atoms with Crippen LogP contribution in [0.5, 0.6) is 5.75 Å². The average Bonchev–Trinajstić information content (AvgIpc) is 2.80. The van der Waals surface area contributed by atoms with E-state index in [-0.39, 0.29) is 12.2 Å². The summed E-state index contributed by atoms with van der Waals surface area (Å²) >= 11 is 0. The molecule has 0 saturated heterocycles. The van der Waals surface area contributed by atoms with Gasteiger partial charge in [-0.2, -0.15) is 0 Å². The lowest BCUT2D eigenvalue weighted by Crippen LogP contribution is -2.29. The van der Waals surface area contributed by atoms with Crippen molar-refractivity contribution in [3.63, 3.8) is 0 Å². The second-order valence-electron chi connectivity index (χ2n) is 5.68. The molecule has 1 saturated carbocycles. The highest BCUT2D eigenvalue weighted by molar-refractivity contribution is 5.39. The molecule has 2 aliphatic carbocycles. The Morgan fingerprint density at radius 3 is 2.84 bits per heavy atom. The van der Waals surface area contributed by atoms with Crippen LogP contribution in [0.3, 0.4) is 0 Å². The van der Waals surface area contributed by atoms with Gasteiger partial charge in [-0.15, -0.1) is 0 Å². The fourth-order valence-corrected chi connectivity index (χ4v) is 3.26. The molecule has 0 radical (unpaired) electrons. The zero-order chi connectivity index (χ0) is 13.2. The summed E-state index contributed by atoms with van der Waals surface area (Å²) in [5.41, 5.74) is 2.31. The summed E-state index contributed by atoms with van der Waals surface area (Å²) < 4.78 is 11.5. The van der Waals surface area contributed by atoms with Crippen molar-refractivity contribution in [1.29, 1.82) is 0 Å². The van der Waals surface area contributed by atoms with Crippen molar-refractivity contribution in [1.82, 2.24) is 0 Å². The van der Waals surface area contributed by atoms with Crippen LogP contribution >= 0.6 is 0 Å². The predicted molar refractivity (Wildman–Crippen MR) is 73.4 cm³/mol. The molecule has 0 amide bonds. The van der Waals surface area contributed by atoms with Gasteiger partial charge in [0.2, 0.25) is 0 Å². The number of ether oxygens (including phenoxy) is 2. The number of hydrogen-bond acceptors (Lipinski definition) is 3. The molecule has 0 spiro atoms. The van der Waals surface area contributed by atoms with Gasteiger partial charge in [-0.3, -0.25) is 0 Å². The normalized spacial score (nSPS) is 30.1. The summed E-state index contributed by atoms with van der Waals surface area (Å²) in [6.07, 6.45) is 6.54. The fourth-order valence-electron chi connectivity index (χ4n) is 3.26. The van der Waals surface area contributed by atoms with E-state index in [1.54, 1.807) is 7.11 Å². The Morgan fingerprint density at radius 1 is 1.16 bits per heavy atom. The van der Waals surface area contributed by atoms with Crippen LogP contribution in [-0.4, -0.2) is 24.4 Å². The maximum absolute atomic E-state index is 9.80. The average molecular weight is 262 g/mol. The van der Waals surface area contributed by atoms with Crippen LogP contribution in [0.1, 0.15) is 49.3 Å². The molecule has 1 aromatic rings. The first kappa shape index (κ1) is 12.9. The monoisotopic (exact) mass is 262 g/mol. The van der Waals surface area contributed by atoms with E-state index in [2.05, 4.69) is 6.07 Å². The zero-order valence-electron chi connectivity index (χ0n) is 11.5. The van der Waals surface area contributed by atoms with Gasteiger partial charge in [0.15, 0.2) is 0 Å². The van der Waals surface area contributed by atoms with Gasteiger partial charge < -0.3 is 14.6 Å². The van der Waals surface area contributed by atoms with Crippen molar-refractivity contribution in [2.45, 2.75) is 56.8 Å². The lowest BCUT2D eigenvalue weighted by molar-refractivity contribution is 0.0209. The highest BCUT2D eigenvalue weighted by Gasteiger charge is 2.24. The molecule has 0 heterocycles. The first-order chi connectivity index (χ1) is 9.26. The van der Waals surface area contributed by atoms with Crippen LogP contribution in [0.2, 0.25) is 0 Å². The second kappa shape index (κ2) is 5.51. The largest absolute Gasteiger partial charge is 0.490 e. The highest BCUT2D eigenvalue weighted by Crippen LogP contribution is 2.34. The quantitative estimate of drug-likeness (QED) is 0.910. The van der Waals surface area contributed by atoms with E-state index in [1.807, 2.05) is 12.1 Å². The first-order valence-corrected chi connectivity index (χ1v) is 7.26. The highest BCUT2D eigenvalue weighted by atomic mass is 16.5. The zero-order valence-corrected chi connectivity index (χ0v) is 11.5. The third-order valence-corrected chi connectivity index (χ3v) is 4.37. The molecule has 0 bridgehead atoms. The summed E-state index contributed by atoms with van der Waals surface area (Å²) in [5.74, 6) is 0.939. The van der Waals surface area contributed by atoms with Gasteiger partial charge >= 0.3 is 0 Å². The number of aliphatic hydroxyl groups excluding tert-OH is 1. The van der Waals surface area contributed by atoms with Crippen molar-refractivity contribution in [3.8, 4) is 5.75 Å². The first-order valence-electron chi connectivity index (χ1n) is 7.26. The number of rotatable bonds is 3. The molecule has 0 aromatic heterocycles. The molecular weight excluding hydrogens is 240 g/mol. The Bertz CT molecular complexity index is 444. The minimum atomic E-state index is -0.281. The summed E-state index contributed by atoms with van der Waals surface area (Å²) in [4.78, 5) is 0. The van der Waals surface area contributed by atoms with E-state index in [0.717, 1.165) is 43.4 Å². The molecule has 3 heteroatoms. The summed E-state index contributed by atoms with van der Waals surface area (Å²) in [5, 5.41) is 9.80. The van der Waals surface area contributed by atoms with Gasteiger partial charge in [0.1, 0.15) is 11.9 Å². The van der Waals surface area contributed by atoms with E-state index in [4.69, 9.17) is 9.47 Å². The Balaban J connectivity index is 1.67. The Morgan fingerprint density at radius 2 is 2.00 bits per heavy atom. The van der Waals surface area contributed by atoms with Crippen molar-refractivity contribution in [2.24, 2.45) is 0 Å². The van der Waals surface area contributed by atoms with Crippen molar-refractivity contribution in [3.05, 3.63) is 29.3 Å². The van der Waals surface area contributed by atoms with Gasteiger partial charge in [-0.05, 0) is 55.4 Å². The van der Waals surface area contributed by atoms with Gasteiger partial charge in [-0.25, -0.2) is 0 Å². The number of fused-ring (bicyclic) bond motifs is 1. The van der Waals surface area contributed by atoms with Crippen LogP contribution in [0.15, 0.2) is 18.2 Å². The van der Waals surface area contributed by atoms with E-state index < -0.39 is 0 Å². The SMILES string of the molecule is COC1CCCC(Oc2ccc3c(c2)CC[C@@H]3O)C1. The van der Waals surface area contributed by atoms with Crippen molar-refractivity contribution < 1.29 is 14.6 Å². The molecule has 2 unspecified atom stereocenters. The fraction of sp³-hybridized carbons (Fsp3) is 0.625. The van der Waals surface area contributed by atoms with Gasteiger partial charge in [0.05, 0.1) is 12.2 Å². The minimum Gasteiger partial charge on any atom is -0.490 e. The predicted octanol–water partition coefficient (Wildman–Crippen LogP) is 3.00. The number of aryl methyl sites for hydroxylation is 1. The molecule has 3 nitrogen and oxygen atoms in total. The van der Waals surface area contributed by atoms with Crippen LogP contribution in [-0.2, 0) is 11.2 Å². The smallest absolute Gasteiger partial charge is 0.120 e. The van der Waals surface area contributed by atoms with E-state index >= 15 is 0 Å². The van der Waals surface area contributed by atoms with Crippen LogP contribution in [0.4, 0.5) is 0 Å². The van der Waals surface area contributed by atoms with Gasteiger partial charge in [0.25, 0.3) is 0 Å². The van der Waals surface area contributed by atoms with Crippen molar-refractivity contribution in [2.75, 3.05) is 7.11 Å². The third-order valence-electron chi connectivity index (χ3n) is 4.37. The third kappa shape index (κ3) is 2.77. The number of hydrogen-bond donors (Lipinski definition) is 1. The van der Waals surface area contributed by atoms with E-state index in [1.165, 1.54) is 12.0 Å². The number of aliphatic hydroxyl groups is 1. The Labute approximate surface area is 114 Å². The van der Waals surface area contributed by atoms with E-state index in [9.17, 15) is 5.11 Å². The minimum absolute atomic E-state index is 0.267. The molecule has 19 heavy (non-hydrogen) atoms. The molecule has 3 atom stereocenters. The maximum atomic E-state index is 9.80. The molecular formula is C16H22O3. The Kier molecular flexibility index (Phi) is 3.76. The van der Waals surface area contributed by atoms with Gasteiger partial charge in [0, 0.05) is 13.5 Å². The molecule has 3 rings (SSSR count). The maximum Gasteiger partial charge on any atom is 0.120 e. The number of benzene rings is 1. The van der Waals surface area contributed by atoms with Crippen LogP contribution < -0.4 is 4.74 Å². The topological polar surface area (TPSA) is 38.7 Å². The van der Waals surface area contributed by atoms with E-state index in [0.29, 0.717) is 6.10 Å². The van der Waals surface area contributed by atoms with Crippen LogP contribution in [0, 0.1) is 0 Å². The molecule has 1 N–H and O–H groups in total. The molecule has 0 aliphatic heterocycles. The summed E-state index contributed by atoms with van der Waals surface area (Å²) in [6, 6.07) is 6.10. The lowest BCUT2D eigenvalue weighted by Gasteiger charge is -2.28.